The van der Waals surface area contributed by atoms with Crippen LogP contribution < -0.4 is 0 Å². The first kappa shape index (κ1) is 38.5. The Morgan fingerprint density at radius 2 is 0.757 bits per heavy atom. The number of benzene rings is 10. The highest BCUT2D eigenvalue weighted by molar-refractivity contribution is 6.27. The van der Waals surface area contributed by atoms with E-state index in [1.807, 2.05) is 60.7 Å². The van der Waals surface area contributed by atoms with Crippen molar-refractivity contribution in [1.82, 2.24) is 28.7 Å². The molecule has 0 atom stereocenters. The van der Waals surface area contributed by atoms with Crippen molar-refractivity contribution >= 4 is 87.4 Å². The largest absolute Gasteiger partial charge is 0.452 e. The van der Waals surface area contributed by atoms with E-state index in [9.17, 15) is 0 Å². The van der Waals surface area contributed by atoms with Crippen LogP contribution in [0.5, 0.6) is 0 Å². The lowest BCUT2D eigenvalue weighted by Crippen LogP contribution is -2.01. The van der Waals surface area contributed by atoms with E-state index < -0.39 is 0 Å². The lowest BCUT2D eigenvalue weighted by Gasteiger charge is -2.12. The third-order valence-electron chi connectivity index (χ3n) is 14.1. The predicted molar refractivity (Wildman–Crippen MR) is 286 cm³/mol. The summed E-state index contributed by atoms with van der Waals surface area (Å²) in [6.07, 6.45) is 0. The van der Waals surface area contributed by atoms with E-state index in [2.05, 4.69) is 184 Å². The fraction of sp³-hybridized carbons (Fsp3) is 0. The number of furan rings is 1. The van der Waals surface area contributed by atoms with Crippen molar-refractivity contribution in [3.05, 3.63) is 231 Å². The van der Waals surface area contributed by atoms with E-state index in [-0.39, 0.29) is 0 Å². The minimum Gasteiger partial charge on any atom is -0.452 e. The monoisotopic (exact) mass is 894 g/mol. The summed E-state index contributed by atoms with van der Waals surface area (Å²) in [4.78, 5) is 15.6. The van der Waals surface area contributed by atoms with Gasteiger partial charge >= 0.3 is 0 Å². The molecule has 5 aromatic heterocycles. The third-order valence-corrected chi connectivity index (χ3v) is 14.1. The molecule has 0 radical (unpaired) electrons. The average molecular weight is 895 g/mol. The highest BCUT2D eigenvalue weighted by Gasteiger charge is 2.27. The van der Waals surface area contributed by atoms with Crippen LogP contribution in [0, 0.1) is 0 Å². The first-order valence-electron chi connectivity index (χ1n) is 23.6. The maximum absolute atomic E-state index is 7.56. The van der Waals surface area contributed by atoms with Crippen molar-refractivity contribution in [1.29, 1.82) is 0 Å². The van der Waals surface area contributed by atoms with Crippen LogP contribution in [0.1, 0.15) is 0 Å². The molecule has 0 N–H and O–H groups in total. The van der Waals surface area contributed by atoms with Gasteiger partial charge in [-0.05, 0) is 60.7 Å². The van der Waals surface area contributed by atoms with Crippen molar-refractivity contribution in [3.63, 3.8) is 0 Å². The zero-order valence-electron chi connectivity index (χ0n) is 37.5. The Hall–Kier alpha value is -9.59. The molecule has 0 amide bonds. The minimum absolute atomic E-state index is 0.563. The number of aromatic nitrogens is 6. The predicted octanol–water partition coefficient (Wildman–Crippen LogP) is 16.1. The molecule has 70 heavy (non-hydrogen) atoms. The second-order valence-electron chi connectivity index (χ2n) is 17.9. The zero-order valence-corrected chi connectivity index (χ0v) is 37.5. The second-order valence-corrected chi connectivity index (χ2v) is 17.9. The van der Waals surface area contributed by atoms with Crippen LogP contribution in [0.15, 0.2) is 235 Å². The number of hydrogen-bond acceptors (Lipinski definition) is 4. The van der Waals surface area contributed by atoms with Gasteiger partial charge in [-0.15, -0.1) is 0 Å². The number of hydrogen-bond donors (Lipinski definition) is 0. The van der Waals surface area contributed by atoms with Gasteiger partial charge in [-0.3, -0.25) is 0 Å². The van der Waals surface area contributed by atoms with Crippen LogP contribution in [-0.2, 0) is 0 Å². The summed E-state index contributed by atoms with van der Waals surface area (Å²) >= 11 is 0. The van der Waals surface area contributed by atoms with E-state index in [0.29, 0.717) is 17.5 Å². The van der Waals surface area contributed by atoms with Crippen molar-refractivity contribution in [2.75, 3.05) is 0 Å². The van der Waals surface area contributed by atoms with Crippen LogP contribution >= 0.6 is 0 Å². The second kappa shape index (κ2) is 15.0. The SMILES string of the molecule is c1ccc(-c2nc(-c3ccccc3)nc(-c3ccc(-n4c5ccccc5c5ccccc54)c4oc5c(-n6c7ccccc7c7c6ccc6c8ccccc8n(-c8ccccc8)c67)cccc5c34)n2)cc1. The van der Waals surface area contributed by atoms with E-state index in [0.717, 1.165) is 83.1 Å². The molecule has 326 valence electrons. The smallest absolute Gasteiger partial charge is 0.164 e. The quantitative estimate of drug-likeness (QED) is 0.167. The summed E-state index contributed by atoms with van der Waals surface area (Å²) in [6.45, 7) is 0. The molecule has 0 fully saturated rings. The molecular formula is C63H38N6O. The molecule has 7 heteroatoms. The maximum Gasteiger partial charge on any atom is 0.164 e. The number of para-hydroxylation sites is 6. The van der Waals surface area contributed by atoms with Crippen LogP contribution in [0.3, 0.4) is 0 Å². The van der Waals surface area contributed by atoms with Crippen LogP contribution in [-0.4, -0.2) is 28.7 Å². The summed E-state index contributed by atoms with van der Waals surface area (Å²) < 4.78 is 14.7. The van der Waals surface area contributed by atoms with E-state index >= 15 is 0 Å². The van der Waals surface area contributed by atoms with Crippen LogP contribution in [0.25, 0.3) is 139 Å². The molecule has 0 aliphatic heterocycles. The molecule has 0 saturated heterocycles. The molecule has 0 saturated carbocycles. The first-order chi connectivity index (χ1) is 34.8. The topological polar surface area (TPSA) is 66.6 Å². The fourth-order valence-corrected chi connectivity index (χ4v) is 11.1. The fourth-order valence-electron chi connectivity index (χ4n) is 11.1. The Morgan fingerprint density at radius 3 is 1.39 bits per heavy atom. The Kier molecular flexibility index (Phi) is 8.23. The lowest BCUT2D eigenvalue weighted by atomic mass is 10.0. The normalized spacial score (nSPS) is 12.0. The Morgan fingerprint density at radius 1 is 0.286 bits per heavy atom. The standard InChI is InChI=1S/C63H38N6O/c1-4-19-39(20-5-1)61-64-62(40-21-6-2-7-22-40)66-63(65-61)48-36-38-55(68-50-31-15-10-25-42(50)43-26-11-16-32-51(43)68)60-56(48)47-29-18-34-54(59(47)70-60)69-52-33-17-13-28-46(52)57-53(69)37-35-45-44-27-12-14-30-49(44)67(58(45)57)41-23-8-3-9-24-41/h1-38H. The molecule has 15 rings (SSSR count). The first-order valence-corrected chi connectivity index (χ1v) is 23.6. The average Bonchev–Trinajstić information content (AvgIpc) is 4.18. The van der Waals surface area contributed by atoms with Gasteiger partial charge in [-0.1, -0.05) is 170 Å². The van der Waals surface area contributed by atoms with E-state index in [4.69, 9.17) is 19.4 Å². The highest BCUT2D eigenvalue weighted by Crippen LogP contribution is 2.47. The Labute approximate surface area is 400 Å². The van der Waals surface area contributed by atoms with Crippen molar-refractivity contribution < 1.29 is 4.42 Å². The molecule has 0 aliphatic carbocycles. The highest BCUT2D eigenvalue weighted by atomic mass is 16.3. The third kappa shape index (κ3) is 5.54. The molecule has 0 spiro atoms. The summed E-state index contributed by atoms with van der Waals surface area (Å²) in [5, 5.41) is 9.00. The van der Waals surface area contributed by atoms with Gasteiger partial charge < -0.3 is 18.1 Å². The number of nitrogens with zero attached hydrogens (tertiary/aromatic N) is 6. The molecule has 15 aromatic rings. The molecule has 7 nitrogen and oxygen atoms in total. The Bertz CT molecular complexity index is 4470. The van der Waals surface area contributed by atoms with Gasteiger partial charge in [0.15, 0.2) is 28.6 Å². The molecular weight excluding hydrogens is 857 g/mol. The summed E-state index contributed by atoms with van der Waals surface area (Å²) in [7, 11) is 0. The molecule has 5 heterocycles. The van der Waals surface area contributed by atoms with Crippen molar-refractivity contribution in [2.24, 2.45) is 0 Å². The van der Waals surface area contributed by atoms with Crippen molar-refractivity contribution in [2.45, 2.75) is 0 Å². The van der Waals surface area contributed by atoms with E-state index in [1.165, 1.54) is 38.0 Å². The summed E-state index contributed by atoms with van der Waals surface area (Å²) in [5.74, 6) is 1.76. The van der Waals surface area contributed by atoms with Gasteiger partial charge in [0.1, 0.15) is 0 Å². The van der Waals surface area contributed by atoms with Gasteiger partial charge in [-0.25, -0.2) is 15.0 Å². The molecule has 0 aliphatic rings. The van der Waals surface area contributed by atoms with Gasteiger partial charge in [0, 0.05) is 65.5 Å². The lowest BCUT2D eigenvalue weighted by molar-refractivity contribution is 0.664. The number of fused-ring (bicyclic) bond motifs is 13. The Balaban J connectivity index is 1.07. The molecule has 0 bridgehead atoms. The van der Waals surface area contributed by atoms with E-state index in [1.54, 1.807) is 0 Å². The summed E-state index contributed by atoms with van der Waals surface area (Å²) in [6, 6.07) is 81.2. The van der Waals surface area contributed by atoms with Gasteiger partial charge in [-0.2, -0.15) is 0 Å². The minimum atomic E-state index is 0.563. The van der Waals surface area contributed by atoms with Crippen molar-refractivity contribution in [3.8, 4) is 51.2 Å². The number of rotatable bonds is 6. The summed E-state index contributed by atoms with van der Waals surface area (Å²) in [5.41, 5.74) is 13.9. The van der Waals surface area contributed by atoms with Gasteiger partial charge in [0.05, 0.1) is 44.5 Å². The maximum atomic E-state index is 7.56. The van der Waals surface area contributed by atoms with Gasteiger partial charge in [0.25, 0.3) is 0 Å². The molecule has 0 unspecified atom stereocenters. The zero-order chi connectivity index (χ0) is 45.9. The molecule has 10 aromatic carbocycles. The van der Waals surface area contributed by atoms with Crippen LogP contribution in [0.4, 0.5) is 0 Å². The van der Waals surface area contributed by atoms with Gasteiger partial charge in [0.2, 0.25) is 0 Å². The van der Waals surface area contributed by atoms with Crippen LogP contribution in [0.2, 0.25) is 0 Å².